The number of hydrogen-bond donors (Lipinski definition) is 2. The van der Waals surface area contributed by atoms with Crippen molar-refractivity contribution in [1.82, 2.24) is 14.7 Å². The summed E-state index contributed by atoms with van der Waals surface area (Å²) in [4.78, 5) is 62.0. The van der Waals surface area contributed by atoms with Crippen molar-refractivity contribution in [3.05, 3.63) is 98.5 Å². The van der Waals surface area contributed by atoms with Gasteiger partial charge >= 0.3 is 0 Å². The summed E-state index contributed by atoms with van der Waals surface area (Å²) in [6, 6.07) is 17.5. The van der Waals surface area contributed by atoms with Gasteiger partial charge in [0.25, 0.3) is 0 Å². The van der Waals surface area contributed by atoms with Gasteiger partial charge < -0.3 is 14.9 Å². The second-order valence-electron chi connectivity index (χ2n) is 15.7. The lowest BCUT2D eigenvalue weighted by molar-refractivity contribution is -0.140. The van der Waals surface area contributed by atoms with Gasteiger partial charge in [0.1, 0.15) is 17.3 Å². The molecule has 3 fully saturated rings. The maximum absolute atomic E-state index is 15.2. The number of amides is 4. The minimum Gasteiger partial charge on any atom is -0.508 e. The number of fused-ring (bicyclic) bond motifs is 5. The molecule has 2 aliphatic heterocycles. The van der Waals surface area contributed by atoms with E-state index in [1.165, 1.54) is 16.9 Å². The zero-order chi connectivity index (χ0) is 40.2. The molecular formula is C43H38BrClN4O7S. The zero-order valence-corrected chi connectivity index (χ0v) is 34.6. The molecule has 1 saturated carbocycles. The molecular weight excluding hydrogens is 832 g/mol. The molecule has 9 rings (SSSR count). The van der Waals surface area contributed by atoms with Crippen LogP contribution in [0.15, 0.2) is 76.8 Å². The maximum Gasteiger partial charge on any atom is 0.242 e. The van der Waals surface area contributed by atoms with Crippen LogP contribution in [0.25, 0.3) is 20.7 Å². The summed E-state index contributed by atoms with van der Waals surface area (Å²) in [5.74, 6) is -4.64. The molecule has 2 aromatic heterocycles. The number of thiophene rings is 1. The molecule has 292 valence electrons. The first-order chi connectivity index (χ1) is 27.2. The highest BCUT2D eigenvalue weighted by Gasteiger charge is 2.68. The number of benzene rings is 3. The van der Waals surface area contributed by atoms with Crippen LogP contribution < -0.4 is 9.64 Å². The zero-order valence-electron chi connectivity index (χ0n) is 31.5. The van der Waals surface area contributed by atoms with Crippen LogP contribution in [-0.2, 0) is 32.6 Å². The van der Waals surface area contributed by atoms with Crippen molar-refractivity contribution < 1.29 is 34.1 Å². The number of likely N-dealkylation sites (tertiary alicyclic amines) is 1. The molecule has 4 amide bonds. The number of phenols is 2. The van der Waals surface area contributed by atoms with Crippen molar-refractivity contribution in [3.63, 3.8) is 0 Å². The second-order valence-corrected chi connectivity index (χ2v) is 18.1. The summed E-state index contributed by atoms with van der Waals surface area (Å²) in [5, 5.41) is 27.9. The largest absolute Gasteiger partial charge is 0.508 e. The van der Waals surface area contributed by atoms with Crippen LogP contribution in [0.2, 0.25) is 5.02 Å². The molecule has 4 heterocycles. The number of anilines is 1. The van der Waals surface area contributed by atoms with Crippen molar-refractivity contribution in [3.8, 4) is 27.8 Å². The first-order valence-electron chi connectivity index (χ1n) is 18.7. The predicted molar refractivity (Wildman–Crippen MR) is 219 cm³/mol. The maximum atomic E-state index is 15.2. The molecule has 5 aromatic rings. The number of phenolic OH excluding ortho intramolecular Hbond substituents is 2. The number of imide groups is 2. The average Bonchev–Trinajstić information content (AvgIpc) is 3.85. The molecule has 3 aromatic carbocycles. The minimum absolute atomic E-state index is 0.129. The number of carbonyl (C=O) groups excluding carboxylic acids is 4. The molecule has 2 N–H and O–H groups in total. The fourth-order valence-electron chi connectivity index (χ4n) is 9.95. The first kappa shape index (κ1) is 37.6. The predicted octanol–water partition coefficient (Wildman–Crippen LogP) is 7.92. The molecule has 14 heteroatoms. The van der Waals surface area contributed by atoms with Gasteiger partial charge in [-0.25, -0.2) is 4.90 Å². The molecule has 11 nitrogen and oxygen atoms in total. The highest BCUT2D eigenvalue weighted by atomic mass is 79.9. The minimum atomic E-state index is -1.39. The summed E-state index contributed by atoms with van der Waals surface area (Å²) in [6.45, 7) is 3.95. The Hall–Kier alpha value is -4.98. The van der Waals surface area contributed by atoms with E-state index in [4.69, 9.17) is 21.4 Å². The molecule has 0 spiro atoms. The number of carbonyl (C=O) groups is 4. The molecule has 4 aliphatic rings. The van der Waals surface area contributed by atoms with Crippen molar-refractivity contribution in [2.75, 3.05) is 18.6 Å². The number of rotatable bonds is 7. The van der Waals surface area contributed by atoms with Gasteiger partial charge in [0.2, 0.25) is 23.6 Å². The van der Waals surface area contributed by atoms with E-state index < -0.39 is 46.8 Å². The Morgan fingerprint density at radius 3 is 2.49 bits per heavy atom. The number of aryl methyl sites for hydroxylation is 2. The first-order valence-corrected chi connectivity index (χ1v) is 20.7. The van der Waals surface area contributed by atoms with Crippen molar-refractivity contribution in [2.24, 2.45) is 36.1 Å². The van der Waals surface area contributed by atoms with Gasteiger partial charge in [-0.15, -0.1) is 11.3 Å². The van der Waals surface area contributed by atoms with Crippen LogP contribution in [0.4, 0.5) is 5.82 Å². The number of aromatic nitrogens is 2. The number of methoxy groups -OCH3 is 1. The number of hydrogen-bond acceptors (Lipinski definition) is 9. The highest BCUT2D eigenvalue weighted by molar-refractivity contribution is 9.10. The van der Waals surface area contributed by atoms with E-state index in [9.17, 15) is 24.6 Å². The Bertz CT molecular complexity index is 2600. The van der Waals surface area contributed by atoms with Gasteiger partial charge in [-0.2, -0.15) is 5.10 Å². The topological polar surface area (TPSA) is 142 Å². The quantitative estimate of drug-likeness (QED) is 0.124. The number of halogens is 2. The van der Waals surface area contributed by atoms with Gasteiger partial charge in [0.05, 0.1) is 35.2 Å². The number of ether oxygens (including phenoxy) is 1. The fraction of sp³-hybridized carbons (Fsp3) is 0.326. The van der Waals surface area contributed by atoms with Crippen molar-refractivity contribution in [2.45, 2.75) is 39.0 Å². The number of nitrogens with zero attached hydrogens (tertiary/aromatic N) is 4. The monoisotopic (exact) mass is 868 g/mol. The summed E-state index contributed by atoms with van der Waals surface area (Å²) in [7, 11) is 3.15. The lowest BCUT2D eigenvalue weighted by atomic mass is 9.51. The molecule has 0 unspecified atom stereocenters. The normalized spacial score (nSPS) is 25.6. The Kier molecular flexibility index (Phi) is 8.94. The Morgan fingerprint density at radius 1 is 1.00 bits per heavy atom. The lowest BCUT2D eigenvalue weighted by Crippen LogP contribution is -2.49. The van der Waals surface area contributed by atoms with Crippen LogP contribution >= 0.6 is 38.9 Å². The third-order valence-electron chi connectivity index (χ3n) is 12.7. The SMILES string of the molecule is COc1cc(Br)cc([C@H]2C3=CC[C@@H]4C(=O)N(CCc5ccc(O)cc5)C(=O)[C@@H]4[C@@H]3C[C@H]3C(=O)N(c4cc(-c5sc6ccc(Cl)cc6c5C)nn4C)C(=O)[C@@]23C)c1O. The standard InChI is InChI=1S/C43H38BrClN4O7S/c1-20-27-17-23(45)7-12-33(27)57-38(20)31-19-34(47(3)46-31)49-40(53)30-18-28-25(36(43(30,2)42(49)55)29-15-22(44)16-32(56-4)37(29)51)10-11-26-35(28)41(54)48(39(26)52)14-13-21-5-8-24(50)9-6-21/h5-10,12,15-17,19,26,28,30,35-36,50-51H,11,13-14,18H2,1-4H3/t26-,28+,30-,35-,36+,43+/m0/s1. The van der Waals surface area contributed by atoms with E-state index in [1.54, 1.807) is 72.5 Å². The third kappa shape index (κ3) is 5.60. The van der Waals surface area contributed by atoms with Gasteiger partial charge in [0, 0.05) is 45.3 Å². The fourth-order valence-corrected chi connectivity index (χ4v) is 11.7. The summed E-state index contributed by atoms with van der Waals surface area (Å²) < 4.78 is 8.74. The number of aromatic hydroxyl groups is 2. The van der Waals surface area contributed by atoms with Gasteiger partial charge in [-0.1, -0.05) is 51.3 Å². The van der Waals surface area contributed by atoms with Crippen molar-refractivity contribution in [1.29, 1.82) is 0 Å². The summed E-state index contributed by atoms with van der Waals surface area (Å²) in [6.07, 6.45) is 2.81. The van der Waals surface area contributed by atoms with E-state index in [0.717, 1.165) is 31.7 Å². The molecule has 0 radical (unpaired) electrons. The van der Waals surface area contributed by atoms with Gasteiger partial charge in [-0.05, 0) is 98.0 Å². The molecule has 57 heavy (non-hydrogen) atoms. The Labute approximate surface area is 345 Å². The van der Waals surface area contributed by atoms with Crippen LogP contribution in [0, 0.1) is 36.0 Å². The second kappa shape index (κ2) is 13.6. The van der Waals surface area contributed by atoms with Gasteiger partial charge in [-0.3, -0.25) is 28.8 Å². The van der Waals surface area contributed by atoms with E-state index in [2.05, 4.69) is 15.9 Å². The summed E-state index contributed by atoms with van der Waals surface area (Å²) in [5.41, 5.74) is 2.21. The molecule has 0 bridgehead atoms. The molecule has 6 atom stereocenters. The molecule has 2 saturated heterocycles. The molecule has 2 aliphatic carbocycles. The van der Waals surface area contributed by atoms with Crippen LogP contribution in [0.3, 0.4) is 0 Å². The van der Waals surface area contributed by atoms with Crippen molar-refractivity contribution >= 4 is 78.4 Å². The average molecular weight is 870 g/mol. The van der Waals surface area contributed by atoms with Gasteiger partial charge in [0.15, 0.2) is 11.5 Å². The van der Waals surface area contributed by atoms with E-state index in [-0.39, 0.29) is 48.4 Å². The third-order valence-corrected chi connectivity index (χ3v) is 14.7. The van der Waals surface area contributed by atoms with E-state index in [1.807, 2.05) is 31.2 Å². The van der Waals surface area contributed by atoms with E-state index >= 15 is 4.79 Å². The smallest absolute Gasteiger partial charge is 0.242 e. The van der Waals surface area contributed by atoms with E-state index in [0.29, 0.717) is 33.0 Å². The Balaban J connectivity index is 1.13. The van der Waals surface area contributed by atoms with Crippen LogP contribution in [0.1, 0.15) is 42.4 Å². The Morgan fingerprint density at radius 2 is 1.75 bits per heavy atom. The lowest BCUT2D eigenvalue weighted by Gasteiger charge is -2.49. The van der Waals surface area contributed by atoms with Crippen LogP contribution in [-0.4, -0.2) is 62.2 Å². The number of allylic oxidation sites excluding steroid dienone is 2. The van der Waals surface area contributed by atoms with Crippen LogP contribution in [0.5, 0.6) is 17.2 Å². The highest BCUT2D eigenvalue weighted by Crippen LogP contribution is 2.65. The summed E-state index contributed by atoms with van der Waals surface area (Å²) >= 11 is 11.4.